The first-order valence-electron chi connectivity index (χ1n) is 7.00. The summed E-state index contributed by atoms with van der Waals surface area (Å²) in [6.45, 7) is 7.97. The number of pyridine rings is 1. The summed E-state index contributed by atoms with van der Waals surface area (Å²) in [4.78, 5) is 4.16. The second-order valence-electron chi connectivity index (χ2n) is 5.72. The molecule has 0 radical (unpaired) electrons. The van der Waals surface area contributed by atoms with Crippen molar-refractivity contribution in [1.82, 2.24) is 4.98 Å². The van der Waals surface area contributed by atoms with E-state index in [0.717, 1.165) is 33.4 Å². The highest BCUT2D eigenvalue weighted by Gasteiger charge is 2.33. The van der Waals surface area contributed by atoms with Gasteiger partial charge in [-0.2, -0.15) is 0 Å². The van der Waals surface area contributed by atoms with Crippen molar-refractivity contribution in [3.05, 3.63) is 51.3 Å². The van der Waals surface area contributed by atoms with Crippen LogP contribution < -0.4 is 0 Å². The largest absolute Gasteiger partial charge is 0.507 e. The zero-order valence-electron chi connectivity index (χ0n) is 12.7. The van der Waals surface area contributed by atoms with E-state index < -0.39 is 6.10 Å². The summed E-state index contributed by atoms with van der Waals surface area (Å²) in [7, 11) is 0. The fourth-order valence-electron chi connectivity index (χ4n) is 2.96. The molecule has 0 spiro atoms. The highest BCUT2D eigenvalue weighted by atomic mass is 16.5. The summed E-state index contributed by atoms with van der Waals surface area (Å²) in [5.74, 6) is 0.409. The van der Waals surface area contributed by atoms with Gasteiger partial charge in [-0.1, -0.05) is 6.07 Å². The minimum atomic E-state index is -0.444. The molecule has 0 fully saturated rings. The molecular formula is C17H19NO3. The fourth-order valence-corrected chi connectivity index (χ4v) is 2.96. The van der Waals surface area contributed by atoms with Crippen molar-refractivity contribution in [2.75, 3.05) is 0 Å². The summed E-state index contributed by atoms with van der Waals surface area (Å²) in [5, 5.41) is 20.9. The molecule has 1 aliphatic heterocycles. The molecule has 1 unspecified atom stereocenters. The second-order valence-corrected chi connectivity index (χ2v) is 5.72. The topological polar surface area (TPSA) is 62.6 Å². The molecule has 1 aromatic carbocycles. The Kier molecular flexibility index (Phi) is 3.14. The van der Waals surface area contributed by atoms with Crippen LogP contribution in [0.25, 0.3) is 0 Å². The van der Waals surface area contributed by atoms with Gasteiger partial charge in [0.15, 0.2) is 0 Å². The van der Waals surface area contributed by atoms with Gasteiger partial charge < -0.3 is 14.9 Å². The molecule has 21 heavy (non-hydrogen) atoms. The van der Waals surface area contributed by atoms with E-state index in [4.69, 9.17) is 4.74 Å². The average molecular weight is 285 g/mol. The predicted molar refractivity (Wildman–Crippen MR) is 79.6 cm³/mol. The third-order valence-electron chi connectivity index (χ3n) is 4.35. The highest BCUT2D eigenvalue weighted by molar-refractivity contribution is 5.56. The van der Waals surface area contributed by atoms with Crippen LogP contribution in [0, 0.1) is 27.7 Å². The second kappa shape index (κ2) is 4.74. The van der Waals surface area contributed by atoms with Crippen LogP contribution in [0.3, 0.4) is 0 Å². The van der Waals surface area contributed by atoms with Crippen molar-refractivity contribution < 1.29 is 14.9 Å². The molecule has 1 atom stereocenters. The number of fused-ring (bicyclic) bond motifs is 1. The smallest absolute Gasteiger partial charge is 0.143 e. The van der Waals surface area contributed by atoms with Gasteiger partial charge in [0.1, 0.15) is 17.6 Å². The standard InChI is InChI=1S/C17H19NO3/c1-8-5-9(2)13(15(19)10(8)3)17-14-12(7-21-17)6-18-11(4)16(14)20/h5-6,17,19-20H,7H2,1-4H3. The zero-order chi connectivity index (χ0) is 15.3. The maximum absolute atomic E-state index is 10.5. The summed E-state index contributed by atoms with van der Waals surface area (Å²) in [5.41, 5.74) is 5.76. The van der Waals surface area contributed by atoms with Crippen LogP contribution >= 0.6 is 0 Å². The maximum Gasteiger partial charge on any atom is 0.143 e. The molecule has 0 saturated carbocycles. The van der Waals surface area contributed by atoms with Gasteiger partial charge in [0.25, 0.3) is 0 Å². The first-order chi connectivity index (χ1) is 9.91. The van der Waals surface area contributed by atoms with Crippen molar-refractivity contribution in [1.29, 1.82) is 0 Å². The molecule has 0 amide bonds. The molecule has 2 heterocycles. The van der Waals surface area contributed by atoms with Crippen molar-refractivity contribution in [3.63, 3.8) is 0 Å². The number of rotatable bonds is 1. The van der Waals surface area contributed by atoms with E-state index in [-0.39, 0.29) is 11.5 Å². The normalized spacial score (nSPS) is 17.0. The SMILES string of the molecule is Cc1cc(C)c(C2OCc3cnc(C)c(O)c32)c(O)c1C. The Labute approximate surface area is 124 Å². The summed E-state index contributed by atoms with van der Waals surface area (Å²) >= 11 is 0. The van der Waals surface area contributed by atoms with Crippen LogP contribution in [-0.2, 0) is 11.3 Å². The van der Waals surface area contributed by atoms with E-state index in [1.807, 2.05) is 26.8 Å². The van der Waals surface area contributed by atoms with Crippen LogP contribution in [0.15, 0.2) is 12.3 Å². The fraction of sp³-hybridized carbons (Fsp3) is 0.353. The molecule has 4 nitrogen and oxygen atoms in total. The Balaban J connectivity index is 2.23. The first kappa shape index (κ1) is 13.9. The van der Waals surface area contributed by atoms with Crippen LogP contribution in [0.1, 0.15) is 45.2 Å². The van der Waals surface area contributed by atoms with Gasteiger partial charge in [-0.05, 0) is 44.4 Å². The molecule has 1 aliphatic rings. The van der Waals surface area contributed by atoms with Gasteiger partial charge in [0.2, 0.25) is 0 Å². The molecule has 110 valence electrons. The molecule has 2 N–H and O–H groups in total. The molecule has 4 heteroatoms. The van der Waals surface area contributed by atoms with Gasteiger partial charge >= 0.3 is 0 Å². The Bertz CT molecular complexity index is 738. The van der Waals surface area contributed by atoms with E-state index in [0.29, 0.717) is 12.3 Å². The third kappa shape index (κ3) is 1.98. The van der Waals surface area contributed by atoms with Crippen molar-refractivity contribution in [2.45, 2.75) is 40.4 Å². The van der Waals surface area contributed by atoms with Gasteiger partial charge in [-0.3, -0.25) is 4.98 Å². The quantitative estimate of drug-likeness (QED) is 0.843. The lowest BCUT2D eigenvalue weighted by molar-refractivity contribution is 0.0905. The minimum absolute atomic E-state index is 0.159. The average Bonchev–Trinajstić information content (AvgIpc) is 2.85. The van der Waals surface area contributed by atoms with Gasteiger partial charge in [-0.25, -0.2) is 0 Å². The van der Waals surface area contributed by atoms with E-state index >= 15 is 0 Å². The monoisotopic (exact) mass is 285 g/mol. The van der Waals surface area contributed by atoms with E-state index in [2.05, 4.69) is 4.98 Å². The van der Waals surface area contributed by atoms with Crippen LogP contribution in [0.5, 0.6) is 11.5 Å². The number of phenols is 1. The Morgan fingerprint density at radius 2 is 1.76 bits per heavy atom. The summed E-state index contributed by atoms with van der Waals surface area (Å²) < 4.78 is 5.84. The Hall–Kier alpha value is -2.07. The van der Waals surface area contributed by atoms with Crippen LogP contribution in [-0.4, -0.2) is 15.2 Å². The number of aromatic hydroxyl groups is 2. The molecule has 2 aromatic rings. The van der Waals surface area contributed by atoms with E-state index in [1.165, 1.54) is 0 Å². The number of hydrogen-bond acceptors (Lipinski definition) is 4. The first-order valence-corrected chi connectivity index (χ1v) is 7.00. The molecule has 0 saturated heterocycles. The van der Waals surface area contributed by atoms with E-state index in [9.17, 15) is 10.2 Å². The van der Waals surface area contributed by atoms with Crippen LogP contribution in [0.2, 0.25) is 0 Å². The Morgan fingerprint density at radius 1 is 1.05 bits per heavy atom. The number of hydrogen-bond donors (Lipinski definition) is 2. The van der Waals surface area contributed by atoms with Gasteiger partial charge in [0, 0.05) is 22.9 Å². The van der Waals surface area contributed by atoms with E-state index in [1.54, 1.807) is 13.1 Å². The number of aryl methyl sites for hydroxylation is 3. The lowest BCUT2D eigenvalue weighted by Crippen LogP contribution is -2.05. The number of benzene rings is 1. The maximum atomic E-state index is 10.5. The molecule has 0 aliphatic carbocycles. The lowest BCUT2D eigenvalue weighted by Gasteiger charge is -2.20. The third-order valence-corrected chi connectivity index (χ3v) is 4.35. The molecule has 0 bridgehead atoms. The van der Waals surface area contributed by atoms with Crippen molar-refractivity contribution >= 4 is 0 Å². The van der Waals surface area contributed by atoms with Gasteiger partial charge in [-0.15, -0.1) is 0 Å². The number of aromatic nitrogens is 1. The lowest BCUT2D eigenvalue weighted by atomic mass is 9.91. The number of nitrogens with zero attached hydrogens (tertiary/aromatic N) is 1. The molecule has 3 rings (SSSR count). The van der Waals surface area contributed by atoms with Crippen molar-refractivity contribution in [2.24, 2.45) is 0 Å². The van der Waals surface area contributed by atoms with Crippen molar-refractivity contribution in [3.8, 4) is 11.5 Å². The molecular weight excluding hydrogens is 266 g/mol. The highest BCUT2D eigenvalue weighted by Crippen LogP contribution is 2.46. The summed E-state index contributed by atoms with van der Waals surface area (Å²) in [6, 6.07) is 2.04. The van der Waals surface area contributed by atoms with Crippen LogP contribution in [0.4, 0.5) is 0 Å². The van der Waals surface area contributed by atoms with Gasteiger partial charge in [0.05, 0.1) is 12.3 Å². The Morgan fingerprint density at radius 3 is 2.48 bits per heavy atom. The zero-order valence-corrected chi connectivity index (χ0v) is 12.7. The minimum Gasteiger partial charge on any atom is -0.507 e. The predicted octanol–water partition coefficient (Wildman–Crippen LogP) is 3.35. The molecule has 1 aromatic heterocycles. The number of ether oxygens (including phenoxy) is 1. The number of phenolic OH excluding ortho intramolecular Hbond substituents is 1. The summed E-state index contributed by atoms with van der Waals surface area (Å²) in [6.07, 6.45) is 1.29.